The van der Waals surface area contributed by atoms with Gasteiger partial charge in [0.15, 0.2) is 0 Å². The lowest BCUT2D eigenvalue weighted by Crippen LogP contribution is -2.47. The molecule has 1 saturated heterocycles. The fourth-order valence-electron chi connectivity index (χ4n) is 3.72. The van der Waals surface area contributed by atoms with Gasteiger partial charge in [0.1, 0.15) is 6.04 Å². The number of benzene rings is 2. The van der Waals surface area contributed by atoms with E-state index < -0.39 is 16.1 Å². The average Bonchev–Trinajstić information content (AvgIpc) is 2.74. The summed E-state index contributed by atoms with van der Waals surface area (Å²) in [4.78, 5) is 15.2. The van der Waals surface area contributed by atoms with Crippen molar-refractivity contribution in [2.24, 2.45) is 0 Å². The molecule has 7 nitrogen and oxygen atoms in total. The van der Waals surface area contributed by atoms with Crippen LogP contribution in [0.1, 0.15) is 23.6 Å². The smallest absolute Gasteiger partial charge is 0.243 e. The molecule has 32 heavy (non-hydrogen) atoms. The Balaban J connectivity index is 1.67. The molecule has 1 atom stereocenters. The minimum absolute atomic E-state index is 0.312. The Hall–Kier alpha value is -2.13. The van der Waals surface area contributed by atoms with Gasteiger partial charge in [-0.25, -0.2) is 8.42 Å². The molecule has 174 valence electrons. The van der Waals surface area contributed by atoms with E-state index in [2.05, 4.69) is 22.3 Å². The van der Waals surface area contributed by atoms with E-state index in [0.29, 0.717) is 17.3 Å². The molecule has 0 aliphatic carbocycles. The van der Waals surface area contributed by atoms with Gasteiger partial charge in [0, 0.05) is 31.2 Å². The molecule has 9 heteroatoms. The molecule has 0 radical (unpaired) electrons. The van der Waals surface area contributed by atoms with Gasteiger partial charge in [0.2, 0.25) is 15.9 Å². The van der Waals surface area contributed by atoms with Crippen LogP contribution in [0.3, 0.4) is 0 Å². The minimum Gasteiger partial charge on any atom is -0.379 e. The molecule has 0 spiro atoms. The molecular formula is C23H30ClN3O4S. The van der Waals surface area contributed by atoms with E-state index in [1.807, 2.05) is 19.1 Å². The molecule has 2 aromatic carbocycles. The van der Waals surface area contributed by atoms with Crippen LogP contribution in [0.2, 0.25) is 5.02 Å². The Morgan fingerprint density at radius 3 is 2.53 bits per heavy atom. The van der Waals surface area contributed by atoms with Crippen molar-refractivity contribution in [3.63, 3.8) is 0 Å². The van der Waals surface area contributed by atoms with E-state index in [-0.39, 0.29) is 5.91 Å². The zero-order valence-corrected chi connectivity index (χ0v) is 20.2. The highest BCUT2D eigenvalue weighted by Crippen LogP contribution is 2.26. The first kappa shape index (κ1) is 24.5. The van der Waals surface area contributed by atoms with Crippen LogP contribution in [0.25, 0.3) is 0 Å². The maximum atomic E-state index is 12.9. The Kier molecular flexibility index (Phi) is 8.16. The summed E-state index contributed by atoms with van der Waals surface area (Å²) in [5, 5.41) is 3.31. The number of ether oxygens (including phenoxy) is 1. The maximum Gasteiger partial charge on any atom is 0.243 e. The lowest BCUT2D eigenvalue weighted by Gasteiger charge is -2.28. The molecule has 2 aromatic rings. The van der Waals surface area contributed by atoms with Crippen LogP contribution in [0, 0.1) is 6.92 Å². The number of carbonyl (C=O) groups is 1. The lowest BCUT2D eigenvalue weighted by atomic mass is 10.1. The van der Waals surface area contributed by atoms with E-state index in [0.717, 1.165) is 54.5 Å². The number of sulfonamides is 1. The minimum atomic E-state index is -3.70. The number of carbonyl (C=O) groups excluding carboxylic acids is 1. The first-order valence-corrected chi connectivity index (χ1v) is 12.8. The highest BCUT2D eigenvalue weighted by atomic mass is 35.5. The topological polar surface area (TPSA) is 79.0 Å². The summed E-state index contributed by atoms with van der Waals surface area (Å²) >= 11 is 6.19. The number of rotatable bonds is 8. The second-order valence-electron chi connectivity index (χ2n) is 8.09. The van der Waals surface area contributed by atoms with E-state index in [1.165, 1.54) is 5.56 Å². The normalized spacial score (nSPS) is 15.9. The molecule has 1 N–H and O–H groups in total. The molecular weight excluding hydrogens is 450 g/mol. The third-order valence-electron chi connectivity index (χ3n) is 5.47. The average molecular weight is 480 g/mol. The summed E-state index contributed by atoms with van der Waals surface area (Å²) in [5.74, 6) is -0.384. The third-order valence-corrected chi connectivity index (χ3v) is 7.12. The Morgan fingerprint density at radius 2 is 1.88 bits per heavy atom. The predicted molar refractivity (Wildman–Crippen MR) is 127 cm³/mol. The number of halogens is 1. The number of nitrogens with one attached hydrogen (secondary N) is 1. The molecule has 1 aliphatic heterocycles. The van der Waals surface area contributed by atoms with Gasteiger partial charge in [-0.05, 0) is 42.7 Å². The largest absolute Gasteiger partial charge is 0.379 e. The van der Waals surface area contributed by atoms with Crippen LogP contribution < -0.4 is 9.62 Å². The van der Waals surface area contributed by atoms with Gasteiger partial charge in [-0.2, -0.15) is 0 Å². The number of nitrogens with zero attached hydrogens (tertiary/aromatic N) is 2. The Bertz CT molecular complexity index is 1050. The van der Waals surface area contributed by atoms with Crippen LogP contribution in [0.5, 0.6) is 0 Å². The standard InChI is InChI=1S/C23H30ClN3O4S/c1-17-7-8-21(14-22(17)24)27(32(3,29)30)18(2)23(28)25-15-19-5-4-6-20(13-19)16-26-9-11-31-12-10-26/h4-8,13-14,18H,9-12,15-16H2,1-3H3,(H,25,28)/t18-/m0/s1. The lowest BCUT2D eigenvalue weighted by molar-refractivity contribution is -0.122. The number of anilines is 1. The van der Waals surface area contributed by atoms with Crippen LogP contribution in [-0.2, 0) is 32.6 Å². The second kappa shape index (κ2) is 10.7. The highest BCUT2D eigenvalue weighted by molar-refractivity contribution is 7.92. The summed E-state index contributed by atoms with van der Waals surface area (Å²) < 4.78 is 31.4. The maximum absolute atomic E-state index is 12.9. The first-order chi connectivity index (χ1) is 15.1. The van der Waals surface area contributed by atoms with E-state index in [4.69, 9.17) is 16.3 Å². The third kappa shape index (κ3) is 6.45. The van der Waals surface area contributed by atoms with E-state index >= 15 is 0 Å². The molecule has 0 bridgehead atoms. The first-order valence-electron chi connectivity index (χ1n) is 10.6. The van der Waals surface area contributed by atoms with E-state index in [9.17, 15) is 13.2 Å². The van der Waals surface area contributed by atoms with Crippen molar-refractivity contribution in [1.29, 1.82) is 0 Å². The van der Waals surface area contributed by atoms with Gasteiger partial charge in [-0.1, -0.05) is 41.9 Å². The number of morpholine rings is 1. The number of hydrogen-bond donors (Lipinski definition) is 1. The Labute approximate surface area is 195 Å². The zero-order chi connectivity index (χ0) is 23.3. The van der Waals surface area contributed by atoms with Crippen LogP contribution in [-0.4, -0.2) is 57.8 Å². The summed E-state index contributed by atoms with van der Waals surface area (Å²) in [6, 6.07) is 12.1. The monoisotopic (exact) mass is 479 g/mol. The summed E-state index contributed by atoms with van der Waals surface area (Å²) in [5.41, 5.74) is 3.32. The quantitative estimate of drug-likeness (QED) is 0.629. The molecule has 0 saturated carbocycles. The Morgan fingerprint density at radius 1 is 1.19 bits per heavy atom. The van der Waals surface area contributed by atoms with Crippen molar-refractivity contribution >= 4 is 33.2 Å². The second-order valence-corrected chi connectivity index (χ2v) is 10.4. The molecule has 0 unspecified atom stereocenters. The van der Waals surface area contributed by atoms with Gasteiger partial charge < -0.3 is 10.1 Å². The summed E-state index contributed by atoms with van der Waals surface area (Å²) in [7, 11) is -3.70. The van der Waals surface area contributed by atoms with Crippen LogP contribution in [0.15, 0.2) is 42.5 Å². The number of hydrogen-bond acceptors (Lipinski definition) is 5. The van der Waals surface area contributed by atoms with Crippen molar-refractivity contribution in [3.05, 3.63) is 64.2 Å². The van der Waals surface area contributed by atoms with Crippen LogP contribution >= 0.6 is 11.6 Å². The SMILES string of the molecule is Cc1ccc(N([C@@H](C)C(=O)NCc2cccc(CN3CCOCC3)c2)S(C)(=O)=O)cc1Cl. The van der Waals surface area contributed by atoms with Gasteiger partial charge in [-0.3, -0.25) is 14.0 Å². The number of amides is 1. The number of aryl methyl sites for hydroxylation is 1. The van der Waals surface area contributed by atoms with Gasteiger partial charge in [0.05, 0.1) is 25.2 Å². The molecule has 1 aliphatic rings. The zero-order valence-electron chi connectivity index (χ0n) is 18.7. The predicted octanol–water partition coefficient (Wildman–Crippen LogP) is 2.95. The summed E-state index contributed by atoms with van der Waals surface area (Å²) in [6.07, 6.45) is 1.08. The van der Waals surface area contributed by atoms with E-state index in [1.54, 1.807) is 25.1 Å². The van der Waals surface area contributed by atoms with Gasteiger partial charge in [-0.15, -0.1) is 0 Å². The molecule has 1 heterocycles. The molecule has 0 aromatic heterocycles. The molecule has 3 rings (SSSR count). The van der Waals surface area contributed by atoms with Crippen LogP contribution in [0.4, 0.5) is 5.69 Å². The van der Waals surface area contributed by atoms with Gasteiger partial charge >= 0.3 is 0 Å². The van der Waals surface area contributed by atoms with Gasteiger partial charge in [0.25, 0.3) is 0 Å². The molecule has 1 fully saturated rings. The molecule has 1 amide bonds. The highest BCUT2D eigenvalue weighted by Gasteiger charge is 2.29. The fourth-order valence-corrected chi connectivity index (χ4v) is 5.06. The van der Waals surface area contributed by atoms with Crippen molar-refractivity contribution in [2.75, 3.05) is 36.9 Å². The van der Waals surface area contributed by atoms with Crippen molar-refractivity contribution in [1.82, 2.24) is 10.2 Å². The van der Waals surface area contributed by atoms with Crippen molar-refractivity contribution in [2.45, 2.75) is 33.0 Å². The van der Waals surface area contributed by atoms with Crippen molar-refractivity contribution < 1.29 is 17.9 Å². The fraction of sp³-hybridized carbons (Fsp3) is 0.435. The summed E-state index contributed by atoms with van der Waals surface area (Å²) in [6.45, 7) is 7.85. The van der Waals surface area contributed by atoms with Crippen molar-refractivity contribution in [3.8, 4) is 0 Å².